The van der Waals surface area contributed by atoms with E-state index in [0.29, 0.717) is 11.2 Å². The van der Waals surface area contributed by atoms with E-state index in [1.807, 2.05) is 20.8 Å². The molecule has 0 radical (unpaired) electrons. The van der Waals surface area contributed by atoms with Crippen LogP contribution in [0.25, 0.3) is 0 Å². The maximum absolute atomic E-state index is 11.0. The Balaban J connectivity index is 3.00. The number of rotatable bonds is 2. The molecule has 0 fully saturated rings. The van der Waals surface area contributed by atoms with Gasteiger partial charge in [0, 0.05) is 11.6 Å². The quantitative estimate of drug-likeness (QED) is 0.413. The van der Waals surface area contributed by atoms with E-state index in [1.165, 1.54) is 17.5 Å². The molecule has 70 valence electrons. The standard InChI is InChI=1S/C9H11NO2S/c1-9(2,3)8-10-4-7(13-8)6(12)5-11/h4-5H,1-3H3. The highest BCUT2D eigenvalue weighted by molar-refractivity contribution is 7.14. The van der Waals surface area contributed by atoms with Crippen molar-refractivity contribution in [1.29, 1.82) is 0 Å². The molecule has 3 nitrogen and oxygen atoms in total. The Bertz CT molecular complexity index is 336. The molecule has 1 aromatic heterocycles. The lowest BCUT2D eigenvalue weighted by molar-refractivity contribution is -0.104. The number of thiazole rings is 1. The molecule has 1 rings (SSSR count). The number of nitrogens with zero attached hydrogens (tertiary/aromatic N) is 1. The molecule has 13 heavy (non-hydrogen) atoms. The lowest BCUT2D eigenvalue weighted by Gasteiger charge is -2.13. The topological polar surface area (TPSA) is 47.0 Å². The van der Waals surface area contributed by atoms with Gasteiger partial charge < -0.3 is 0 Å². The molecule has 1 heterocycles. The molecular weight excluding hydrogens is 186 g/mol. The van der Waals surface area contributed by atoms with Crippen molar-refractivity contribution < 1.29 is 9.59 Å². The summed E-state index contributed by atoms with van der Waals surface area (Å²) in [7, 11) is 0. The van der Waals surface area contributed by atoms with Crippen LogP contribution in [-0.4, -0.2) is 17.1 Å². The first-order valence-corrected chi connectivity index (χ1v) is 4.72. The van der Waals surface area contributed by atoms with Gasteiger partial charge in [-0.05, 0) is 0 Å². The molecule has 1 aromatic rings. The summed E-state index contributed by atoms with van der Waals surface area (Å²) in [5, 5.41) is 0.873. The molecule has 0 atom stereocenters. The van der Waals surface area contributed by atoms with E-state index in [-0.39, 0.29) is 5.41 Å². The summed E-state index contributed by atoms with van der Waals surface area (Å²) in [6, 6.07) is 0. The maximum Gasteiger partial charge on any atom is 0.236 e. The number of hydrogen-bond donors (Lipinski definition) is 0. The van der Waals surface area contributed by atoms with Crippen LogP contribution in [0, 0.1) is 0 Å². The highest BCUT2D eigenvalue weighted by Gasteiger charge is 2.19. The van der Waals surface area contributed by atoms with E-state index in [1.54, 1.807) is 0 Å². The fourth-order valence-corrected chi connectivity index (χ4v) is 1.67. The molecule has 0 unspecified atom stereocenters. The van der Waals surface area contributed by atoms with E-state index in [4.69, 9.17) is 0 Å². The zero-order valence-corrected chi connectivity index (χ0v) is 8.64. The van der Waals surface area contributed by atoms with Crippen molar-refractivity contribution in [2.45, 2.75) is 26.2 Å². The predicted octanol–water partition coefficient (Wildman–Crippen LogP) is 1.82. The first-order valence-electron chi connectivity index (χ1n) is 3.91. The minimum atomic E-state index is -0.493. The van der Waals surface area contributed by atoms with Gasteiger partial charge in [0.2, 0.25) is 5.78 Å². The van der Waals surface area contributed by atoms with Crippen LogP contribution in [0.15, 0.2) is 6.20 Å². The normalized spacial score (nSPS) is 11.3. The number of carbonyl (C=O) groups is 2. The van der Waals surface area contributed by atoms with Crippen LogP contribution < -0.4 is 0 Å². The molecule has 0 bridgehead atoms. The molecule has 0 aliphatic rings. The predicted molar refractivity (Wildman–Crippen MR) is 51.2 cm³/mol. The Hall–Kier alpha value is -1.03. The third-order valence-electron chi connectivity index (χ3n) is 1.50. The van der Waals surface area contributed by atoms with E-state index in [9.17, 15) is 9.59 Å². The fraction of sp³-hybridized carbons (Fsp3) is 0.444. The number of aldehydes is 1. The second kappa shape index (κ2) is 3.38. The molecule has 4 heteroatoms. The van der Waals surface area contributed by atoms with Gasteiger partial charge in [0.1, 0.15) is 0 Å². The van der Waals surface area contributed by atoms with Crippen molar-refractivity contribution in [2.75, 3.05) is 0 Å². The van der Waals surface area contributed by atoms with Crippen LogP contribution in [0.5, 0.6) is 0 Å². The zero-order valence-electron chi connectivity index (χ0n) is 7.83. The van der Waals surface area contributed by atoms with Crippen LogP contribution >= 0.6 is 11.3 Å². The Labute approximate surface area is 80.8 Å². The monoisotopic (exact) mass is 197 g/mol. The summed E-state index contributed by atoms with van der Waals surface area (Å²) in [6.07, 6.45) is 1.78. The summed E-state index contributed by atoms with van der Waals surface area (Å²) in [5.41, 5.74) is -0.0634. The number of aromatic nitrogens is 1. The summed E-state index contributed by atoms with van der Waals surface area (Å²) < 4.78 is 0. The second-order valence-corrected chi connectivity index (χ2v) is 4.79. The van der Waals surface area contributed by atoms with Gasteiger partial charge in [-0.2, -0.15) is 0 Å². The largest absolute Gasteiger partial charge is 0.294 e. The minimum absolute atomic E-state index is 0.0634. The summed E-state index contributed by atoms with van der Waals surface area (Å²) in [5.74, 6) is -0.493. The highest BCUT2D eigenvalue weighted by atomic mass is 32.1. The molecule has 0 saturated carbocycles. The number of ketones is 1. The highest BCUT2D eigenvalue weighted by Crippen LogP contribution is 2.26. The van der Waals surface area contributed by atoms with E-state index in [0.717, 1.165) is 5.01 Å². The van der Waals surface area contributed by atoms with Gasteiger partial charge in [-0.3, -0.25) is 9.59 Å². The third kappa shape index (κ3) is 2.21. The van der Waals surface area contributed by atoms with Gasteiger partial charge in [0.05, 0.1) is 9.88 Å². The van der Waals surface area contributed by atoms with Crippen molar-refractivity contribution in [3.8, 4) is 0 Å². The van der Waals surface area contributed by atoms with Crippen LogP contribution in [0.2, 0.25) is 0 Å². The van der Waals surface area contributed by atoms with Crippen molar-refractivity contribution in [1.82, 2.24) is 4.98 Å². The van der Waals surface area contributed by atoms with Crippen molar-refractivity contribution in [3.05, 3.63) is 16.1 Å². The fourth-order valence-electron chi connectivity index (χ4n) is 0.793. The summed E-state index contributed by atoms with van der Waals surface area (Å²) >= 11 is 1.28. The van der Waals surface area contributed by atoms with Gasteiger partial charge in [-0.1, -0.05) is 20.8 Å². The third-order valence-corrected chi connectivity index (χ3v) is 2.93. The van der Waals surface area contributed by atoms with Crippen LogP contribution in [-0.2, 0) is 10.2 Å². The molecular formula is C9H11NO2S. The first-order chi connectivity index (χ1) is 5.95. The van der Waals surface area contributed by atoms with Crippen molar-refractivity contribution in [2.24, 2.45) is 0 Å². The average Bonchev–Trinajstić information content (AvgIpc) is 2.50. The van der Waals surface area contributed by atoms with Gasteiger partial charge >= 0.3 is 0 Å². The van der Waals surface area contributed by atoms with Gasteiger partial charge in [-0.15, -0.1) is 11.3 Å². The van der Waals surface area contributed by atoms with E-state index < -0.39 is 5.78 Å². The van der Waals surface area contributed by atoms with Crippen LogP contribution in [0.4, 0.5) is 0 Å². The number of Topliss-reactive ketones (excluding diaryl/α,β-unsaturated/α-hetero) is 1. The van der Waals surface area contributed by atoms with E-state index >= 15 is 0 Å². The van der Waals surface area contributed by atoms with Crippen molar-refractivity contribution in [3.63, 3.8) is 0 Å². The van der Waals surface area contributed by atoms with Gasteiger partial charge in [0.25, 0.3) is 0 Å². The Morgan fingerprint density at radius 1 is 1.54 bits per heavy atom. The molecule has 0 saturated heterocycles. The number of hydrogen-bond acceptors (Lipinski definition) is 4. The first kappa shape index (κ1) is 10.1. The SMILES string of the molecule is CC(C)(C)c1ncc(C(=O)C=O)s1. The minimum Gasteiger partial charge on any atom is -0.294 e. The van der Waals surface area contributed by atoms with Crippen molar-refractivity contribution >= 4 is 23.4 Å². The van der Waals surface area contributed by atoms with Gasteiger partial charge in [-0.25, -0.2) is 4.98 Å². The zero-order chi connectivity index (χ0) is 10.1. The molecule has 0 amide bonds. The van der Waals surface area contributed by atoms with Crippen LogP contribution in [0.3, 0.4) is 0 Å². The lowest BCUT2D eigenvalue weighted by atomic mass is 9.98. The van der Waals surface area contributed by atoms with E-state index in [2.05, 4.69) is 4.98 Å². The Morgan fingerprint density at radius 3 is 2.54 bits per heavy atom. The average molecular weight is 197 g/mol. The maximum atomic E-state index is 11.0. The van der Waals surface area contributed by atoms with Crippen LogP contribution in [0.1, 0.15) is 35.5 Å². The molecule has 0 aromatic carbocycles. The second-order valence-electron chi connectivity index (χ2n) is 3.76. The smallest absolute Gasteiger partial charge is 0.236 e. The summed E-state index contributed by atoms with van der Waals surface area (Å²) in [6.45, 7) is 6.04. The Morgan fingerprint density at radius 2 is 2.15 bits per heavy atom. The molecule has 0 aliphatic carbocycles. The van der Waals surface area contributed by atoms with Gasteiger partial charge in [0.15, 0.2) is 6.29 Å². The molecule has 0 N–H and O–H groups in total. The Kier molecular flexibility index (Phi) is 2.61. The number of carbonyl (C=O) groups excluding carboxylic acids is 2. The molecule has 0 spiro atoms. The molecule has 0 aliphatic heterocycles. The lowest BCUT2D eigenvalue weighted by Crippen LogP contribution is -2.09. The summed E-state index contributed by atoms with van der Waals surface area (Å²) in [4.78, 5) is 25.7.